The number of nitrogens with zero attached hydrogens (tertiary/aromatic N) is 2. The predicted octanol–water partition coefficient (Wildman–Crippen LogP) is 2.48. The molecule has 5 nitrogen and oxygen atoms in total. The van der Waals surface area contributed by atoms with E-state index in [-0.39, 0.29) is 24.3 Å². The van der Waals surface area contributed by atoms with Crippen molar-refractivity contribution < 1.29 is 27.2 Å². The largest absolute Gasteiger partial charge is 0.416 e. The Morgan fingerprint density at radius 2 is 1.96 bits per heavy atom. The van der Waals surface area contributed by atoms with Gasteiger partial charge in [0.15, 0.2) is 0 Å². The highest BCUT2D eigenvalue weighted by Crippen LogP contribution is 2.37. The third-order valence-electron chi connectivity index (χ3n) is 4.25. The van der Waals surface area contributed by atoms with Gasteiger partial charge in [0.2, 0.25) is 11.8 Å². The molecule has 1 aliphatic heterocycles. The normalized spacial score (nSPS) is 17.6. The maximum Gasteiger partial charge on any atom is 0.416 e. The van der Waals surface area contributed by atoms with Gasteiger partial charge in [0.25, 0.3) is 0 Å². The van der Waals surface area contributed by atoms with E-state index in [0.29, 0.717) is 0 Å². The van der Waals surface area contributed by atoms with Crippen LogP contribution in [0.1, 0.15) is 22.9 Å². The Hall–Kier alpha value is -2.97. The fourth-order valence-corrected chi connectivity index (χ4v) is 3.03. The van der Waals surface area contributed by atoms with Gasteiger partial charge in [-0.05, 0) is 23.8 Å². The Balaban J connectivity index is 1.96. The average molecular weight is 381 g/mol. The quantitative estimate of drug-likeness (QED) is 0.831. The molecule has 1 fully saturated rings. The third-order valence-corrected chi connectivity index (χ3v) is 4.25. The summed E-state index contributed by atoms with van der Waals surface area (Å²) < 4.78 is 53.9. The summed E-state index contributed by atoms with van der Waals surface area (Å²) in [6, 6.07) is 5.65. The molecular formula is C18H15F4N3O2. The number of amides is 2. The smallest absolute Gasteiger partial charge is 0.352 e. The summed E-state index contributed by atoms with van der Waals surface area (Å²) in [6.45, 7) is 0.107. The van der Waals surface area contributed by atoms with Crippen molar-refractivity contribution in [3.05, 3.63) is 65.2 Å². The molecule has 3 rings (SSSR count). The first-order valence-corrected chi connectivity index (χ1v) is 8.11. The van der Waals surface area contributed by atoms with Crippen LogP contribution in [0.15, 0.2) is 42.6 Å². The van der Waals surface area contributed by atoms with Crippen molar-refractivity contribution in [3.8, 4) is 0 Å². The molecule has 1 aromatic carbocycles. The van der Waals surface area contributed by atoms with Crippen molar-refractivity contribution in [2.24, 2.45) is 0 Å². The Kier molecular flexibility index (Phi) is 5.11. The van der Waals surface area contributed by atoms with Crippen LogP contribution in [-0.2, 0) is 22.2 Å². The van der Waals surface area contributed by atoms with Crippen molar-refractivity contribution in [2.45, 2.75) is 18.6 Å². The van der Waals surface area contributed by atoms with E-state index < -0.39 is 41.8 Å². The number of aromatic nitrogens is 1. The second kappa shape index (κ2) is 7.34. The zero-order valence-electron chi connectivity index (χ0n) is 14.0. The van der Waals surface area contributed by atoms with Crippen LogP contribution in [0.5, 0.6) is 0 Å². The summed E-state index contributed by atoms with van der Waals surface area (Å²) >= 11 is 0. The number of carbonyl (C=O) groups is 2. The number of pyridine rings is 1. The van der Waals surface area contributed by atoms with Crippen LogP contribution in [0.2, 0.25) is 0 Å². The van der Waals surface area contributed by atoms with E-state index in [9.17, 15) is 27.2 Å². The Labute approximate surface area is 152 Å². The van der Waals surface area contributed by atoms with Gasteiger partial charge in [0.1, 0.15) is 11.9 Å². The minimum atomic E-state index is -4.68. The van der Waals surface area contributed by atoms with E-state index in [1.165, 1.54) is 30.5 Å². The number of nitrogens with one attached hydrogen (secondary N) is 1. The van der Waals surface area contributed by atoms with Gasteiger partial charge >= 0.3 is 6.18 Å². The molecule has 1 atom stereocenters. The van der Waals surface area contributed by atoms with Crippen LogP contribution in [0.25, 0.3) is 0 Å². The number of hydrogen-bond acceptors (Lipinski definition) is 3. The highest BCUT2D eigenvalue weighted by Gasteiger charge is 2.41. The number of piperazine rings is 1. The first-order valence-electron chi connectivity index (χ1n) is 8.11. The lowest BCUT2D eigenvalue weighted by atomic mass is 9.96. The molecule has 0 bridgehead atoms. The Morgan fingerprint density at radius 3 is 2.67 bits per heavy atom. The molecule has 2 heterocycles. The Bertz CT molecular complexity index is 870. The summed E-state index contributed by atoms with van der Waals surface area (Å²) in [5.74, 6) is -2.09. The molecular weight excluding hydrogens is 366 g/mol. The van der Waals surface area contributed by atoms with Gasteiger partial charge in [-0.25, -0.2) is 4.39 Å². The maximum atomic E-state index is 13.8. The summed E-state index contributed by atoms with van der Waals surface area (Å²) in [4.78, 5) is 29.8. The molecule has 2 aromatic rings. The van der Waals surface area contributed by atoms with Crippen LogP contribution in [0.3, 0.4) is 0 Å². The minimum Gasteiger partial charge on any atom is -0.352 e. The van der Waals surface area contributed by atoms with Crippen LogP contribution in [0, 0.1) is 5.82 Å². The number of alkyl halides is 3. The standard InChI is InChI=1S/C18H15F4N3O2/c19-13-6-3-7-23-14(13)10-15(26)25-9-8-24-17(27)16(25)11-4-1-2-5-12(11)18(20,21)22/h1-7,16H,8-10H2,(H,24,27). The zero-order valence-corrected chi connectivity index (χ0v) is 14.0. The van der Waals surface area contributed by atoms with Crippen LogP contribution >= 0.6 is 0 Å². The topological polar surface area (TPSA) is 62.3 Å². The molecule has 2 amide bonds. The van der Waals surface area contributed by atoms with Gasteiger partial charge in [-0.3, -0.25) is 14.6 Å². The van der Waals surface area contributed by atoms with Gasteiger partial charge in [0.05, 0.1) is 17.7 Å². The maximum absolute atomic E-state index is 13.8. The molecule has 1 unspecified atom stereocenters. The molecule has 1 aliphatic rings. The van der Waals surface area contributed by atoms with Crippen LogP contribution < -0.4 is 5.32 Å². The average Bonchev–Trinajstić information content (AvgIpc) is 2.62. The van der Waals surface area contributed by atoms with Crippen molar-refractivity contribution in [2.75, 3.05) is 13.1 Å². The first kappa shape index (κ1) is 18.8. The molecule has 1 aromatic heterocycles. The van der Waals surface area contributed by atoms with Crippen molar-refractivity contribution in [3.63, 3.8) is 0 Å². The fourth-order valence-electron chi connectivity index (χ4n) is 3.03. The van der Waals surface area contributed by atoms with E-state index in [0.717, 1.165) is 17.0 Å². The zero-order chi connectivity index (χ0) is 19.6. The number of hydrogen-bond donors (Lipinski definition) is 1. The van der Waals surface area contributed by atoms with Crippen molar-refractivity contribution >= 4 is 11.8 Å². The molecule has 1 saturated heterocycles. The van der Waals surface area contributed by atoms with E-state index in [1.54, 1.807) is 0 Å². The molecule has 9 heteroatoms. The van der Waals surface area contributed by atoms with Gasteiger partial charge in [-0.1, -0.05) is 18.2 Å². The van der Waals surface area contributed by atoms with Crippen LogP contribution in [0.4, 0.5) is 17.6 Å². The van der Waals surface area contributed by atoms with Crippen LogP contribution in [-0.4, -0.2) is 34.8 Å². The summed E-state index contributed by atoms with van der Waals surface area (Å²) in [7, 11) is 0. The lowest BCUT2D eigenvalue weighted by molar-refractivity contribution is -0.146. The highest BCUT2D eigenvalue weighted by molar-refractivity contribution is 5.90. The van der Waals surface area contributed by atoms with Gasteiger partial charge in [0, 0.05) is 19.3 Å². The van der Waals surface area contributed by atoms with Gasteiger partial charge < -0.3 is 10.2 Å². The molecule has 0 saturated carbocycles. The fraction of sp³-hybridized carbons (Fsp3) is 0.278. The lowest BCUT2D eigenvalue weighted by Gasteiger charge is -2.36. The van der Waals surface area contributed by atoms with Crippen molar-refractivity contribution in [1.82, 2.24) is 15.2 Å². The van der Waals surface area contributed by atoms with Gasteiger partial charge in [-0.2, -0.15) is 13.2 Å². The first-order chi connectivity index (χ1) is 12.8. The Morgan fingerprint density at radius 1 is 1.22 bits per heavy atom. The second-order valence-electron chi connectivity index (χ2n) is 5.97. The van der Waals surface area contributed by atoms with E-state index in [4.69, 9.17) is 0 Å². The molecule has 0 spiro atoms. The summed E-state index contributed by atoms with van der Waals surface area (Å²) in [5.41, 5.74) is -1.44. The van der Waals surface area contributed by atoms with E-state index in [2.05, 4.69) is 10.3 Å². The molecule has 1 N–H and O–H groups in total. The van der Waals surface area contributed by atoms with Gasteiger partial charge in [-0.15, -0.1) is 0 Å². The van der Waals surface area contributed by atoms with E-state index >= 15 is 0 Å². The number of halogens is 4. The second-order valence-corrected chi connectivity index (χ2v) is 5.97. The molecule has 0 radical (unpaired) electrons. The predicted molar refractivity (Wildman–Crippen MR) is 86.8 cm³/mol. The van der Waals surface area contributed by atoms with Crippen molar-refractivity contribution in [1.29, 1.82) is 0 Å². The lowest BCUT2D eigenvalue weighted by Crippen LogP contribution is -2.53. The monoisotopic (exact) mass is 381 g/mol. The summed E-state index contributed by atoms with van der Waals surface area (Å²) in [6.07, 6.45) is -3.83. The molecule has 142 valence electrons. The third kappa shape index (κ3) is 3.91. The molecule has 27 heavy (non-hydrogen) atoms. The minimum absolute atomic E-state index is 0.00981. The number of benzene rings is 1. The van der Waals surface area contributed by atoms with E-state index in [1.807, 2.05) is 0 Å². The summed E-state index contributed by atoms with van der Waals surface area (Å²) in [5, 5.41) is 2.48. The molecule has 0 aliphatic carbocycles. The highest BCUT2D eigenvalue weighted by atomic mass is 19.4. The number of rotatable bonds is 3. The number of carbonyl (C=O) groups excluding carboxylic acids is 2. The SMILES string of the molecule is O=C1NCCN(C(=O)Cc2ncccc2F)C1c1ccccc1C(F)(F)F.